The fourth-order valence-corrected chi connectivity index (χ4v) is 4.38. The van der Waals surface area contributed by atoms with Gasteiger partial charge in [0.1, 0.15) is 11.5 Å². The van der Waals surface area contributed by atoms with Crippen LogP contribution in [0.3, 0.4) is 0 Å². The van der Waals surface area contributed by atoms with Crippen molar-refractivity contribution in [1.82, 2.24) is 4.98 Å². The van der Waals surface area contributed by atoms with Gasteiger partial charge in [0.05, 0.1) is 33.3 Å². The van der Waals surface area contributed by atoms with Crippen LogP contribution < -0.4 is 23.7 Å². The molecule has 1 aromatic heterocycles. The van der Waals surface area contributed by atoms with Crippen LogP contribution in [0.2, 0.25) is 0 Å². The lowest BCUT2D eigenvalue weighted by Gasteiger charge is -2.28. The number of ether oxygens (including phenoxy) is 5. The van der Waals surface area contributed by atoms with Crippen molar-refractivity contribution < 1.29 is 33.3 Å². The van der Waals surface area contributed by atoms with Crippen LogP contribution in [0.1, 0.15) is 39.4 Å². The van der Waals surface area contributed by atoms with Gasteiger partial charge in [0, 0.05) is 29.4 Å². The van der Waals surface area contributed by atoms with Gasteiger partial charge in [0.15, 0.2) is 17.3 Å². The third-order valence-electron chi connectivity index (χ3n) is 5.87. The quantitative estimate of drug-likeness (QED) is 0.319. The molecule has 172 valence electrons. The Labute approximate surface area is 195 Å². The van der Waals surface area contributed by atoms with Crippen molar-refractivity contribution in [3.05, 3.63) is 76.8 Å². The van der Waals surface area contributed by atoms with Crippen molar-refractivity contribution in [2.75, 3.05) is 21.3 Å². The van der Waals surface area contributed by atoms with Gasteiger partial charge in [-0.15, -0.1) is 0 Å². The molecule has 0 saturated carbocycles. The third-order valence-corrected chi connectivity index (χ3v) is 5.87. The Balaban J connectivity index is 1.66. The summed E-state index contributed by atoms with van der Waals surface area (Å²) < 4.78 is 28.2. The molecule has 0 unspecified atom stereocenters. The second-order valence-electron chi connectivity index (χ2n) is 7.73. The zero-order chi connectivity index (χ0) is 23.8. The third kappa shape index (κ3) is 3.44. The molecular formula is C26H21NO7. The van der Waals surface area contributed by atoms with Crippen molar-refractivity contribution in [1.29, 1.82) is 0 Å². The summed E-state index contributed by atoms with van der Waals surface area (Å²) >= 11 is 0. The summed E-state index contributed by atoms with van der Waals surface area (Å²) in [6.45, 7) is 0. The summed E-state index contributed by atoms with van der Waals surface area (Å²) in [5.41, 5.74) is 2.42. The largest absolute Gasteiger partial charge is 0.493 e. The summed E-state index contributed by atoms with van der Waals surface area (Å²) in [6.07, 6.45) is 4.97. The molecule has 2 aliphatic rings. The van der Waals surface area contributed by atoms with E-state index in [4.69, 9.17) is 23.7 Å². The number of esters is 1. The number of carbonyl (C=O) groups excluding carboxylic acids is 2. The smallest absolute Gasteiger partial charge is 0.312 e. The second-order valence-corrected chi connectivity index (χ2v) is 7.73. The summed E-state index contributed by atoms with van der Waals surface area (Å²) in [6, 6.07) is 10.4. The van der Waals surface area contributed by atoms with E-state index >= 15 is 0 Å². The number of methoxy groups -OCH3 is 3. The van der Waals surface area contributed by atoms with Gasteiger partial charge in [-0.25, -0.2) is 0 Å². The maximum Gasteiger partial charge on any atom is 0.312 e. The fraction of sp³-hybridized carbons (Fsp3) is 0.192. The number of carbonyl (C=O) groups is 2. The summed E-state index contributed by atoms with van der Waals surface area (Å²) in [7, 11) is 4.57. The van der Waals surface area contributed by atoms with Gasteiger partial charge < -0.3 is 23.7 Å². The molecule has 1 atom stereocenters. The first-order valence-electron chi connectivity index (χ1n) is 10.6. The molecule has 3 heterocycles. The highest BCUT2D eigenvalue weighted by Gasteiger charge is 2.40. The summed E-state index contributed by atoms with van der Waals surface area (Å²) in [5, 5.41) is 0. The summed E-state index contributed by atoms with van der Waals surface area (Å²) in [5.74, 6) is 1.07. The molecule has 0 radical (unpaired) electrons. The molecule has 3 aromatic rings. The van der Waals surface area contributed by atoms with Crippen molar-refractivity contribution in [3.63, 3.8) is 0 Å². The molecule has 2 aromatic carbocycles. The molecule has 0 saturated heterocycles. The number of pyridine rings is 1. The van der Waals surface area contributed by atoms with Crippen LogP contribution in [0.4, 0.5) is 0 Å². The Kier molecular flexibility index (Phi) is 5.41. The SMILES string of the molecule is COc1ccc([C@H]2CC(=O)Oc3ccc4c(c32)O/C(=C\c2cccnc2)C4=O)c(OC)c1OC. The zero-order valence-corrected chi connectivity index (χ0v) is 18.8. The topological polar surface area (TPSA) is 93.2 Å². The van der Waals surface area contributed by atoms with E-state index in [2.05, 4.69) is 4.98 Å². The molecule has 2 aliphatic heterocycles. The molecule has 0 fully saturated rings. The first-order chi connectivity index (χ1) is 16.5. The van der Waals surface area contributed by atoms with E-state index in [0.717, 1.165) is 5.56 Å². The normalized spacial score (nSPS) is 17.5. The number of aromatic nitrogens is 1. The van der Waals surface area contributed by atoms with E-state index < -0.39 is 11.9 Å². The molecule has 0 spiro atoms. The minimum atomic E-state index is -0.494. The molecule has 8 heteroatoms. The number of ketones is 1. The molecule has 8 nitrogen and oxygen atoms in total. The molecule has 0 aliphatic carbocycles. The van der Waals surface area contributed by atoms with Crippen LogP contribution in [-0.4, -0.2) is 38.1 Å². The highest BCUT2D eigenvalue weighted by Crippen LogP contribution is 2.52. The Bertz CT molecular complexity index is 1330. The van der Waals surface area contributed by atoms with Crippen LogP contribution in [0.5, 0.6) is 28.7 Å². The van der Waals surface area contributed by atoms with Crippen molar-refractivity contribution >= 4 is 17.8 Å². The van der Waals surface area contributed by atoms with Crippen LogP contribution >= 0.6 is 0 Å². The number of allylic oxidation sites excluding steroid dienone is 1. The fourth-order valence-electron chi connectivity index (χ4n) is 4.38. The molecule has 0 N–H and O–H groups in total. The Hall–Kier alpha value is -4.33. The second kappa shape index (κ2) is 8.55. The van der Waals surface area contributed by atoms with Crippen LogP contribution in [0.25, 0.3) is 6.08 Å². The minimum absolute atomic E-state index is 0.0362. The van der Waals surface area contributed by atoms with E-state index in [0.29, 0.717) is 45.4 Å². The lowest BCUT2D eigenvalue weighted by Crippen LogP contribution is -2.22. The average molecular weight is 459 g/mol. The average Bonchev–Trinajstić information content (AvgIpc) is 3.17. The van der Waals surface area contributed by atoms with Crippen molar-refractivity contribution in [2.24, 2.45) is 0 Å². The van der Waals surface area contributed by atoms with Gasteiger partial charge in [0.2, 0.25) is 11.5 Å². The zero-order valence-electron chi connectivity index (χ0n) is 18.8. The van der Waals surface area contributed by atoms with E-state index in [9.17, 15) is 9.59 Å². The maximum atomic E-state index is 13.1. The van der Waals surface area contributed by atoms with Crippen LogP contribution in [-0.2, 0) is 4.79 Å². The standard InChI is InChI=1S/C26H21NO7/c1-30-19-9-6-15(25(31-2)26(19)32-3)17-12-21(28)33-18-8-7-16-23(29)20(34-24(16)22(17)18)11-14-5-4-10-27-13-14/h4-11,13,17H,12H2,1-3H3/b20-11-/t17-/m1/s1. The van der Waals surface area contributed by atoms with Gasteiger partial charge in [0.25, 0.3) is 0 Å². The lowest BCUT2D eigenvalue weighted by atomic mass is 9.84. The highest BCUT2D eigenvalue weighted by atomic mass is 16.5. The Morgan fingerprint density at radius 3 is 2.50 bits per heavy atom. The minimum Gasteiger partial charge on any atom is -0.493 e. The van der Waals surface area contributed by atoms with Gasteiger partial charge in [-0.2, -0.15) is 0 Å². The Morgan fingerprint density at radius 1 is 0.971 bits per heavy atom. The number of benzene rings is 2. The van der Waals surface area contributed by atoms with E-state index in [1.54, 1.807) is 42.7 Å². The number of fused-ring (bicyclic) bond motifs is 3. The number of hydrogen-bond acceptors (Lipinski definition) is 8. The number of nitrogens with zero attached hydrogens (tertiary/aromatic N) is 1. The molecule has 0 bridgehead atoms. The van der Waals surface area contributed by atoms with Crippen LogP contribution in [0, 0.1) is 0 Å². The number of rotatable bonds is 5. The van der Waals surface area contributed by atoms with E-state index in [-0.39, 0.29) is 18.0 Å². The molecule has 0 amide bonds. The monoisotopic (exact) mass is 459 g/mol. The van der Waals surface area contributed by atoms with Gasteiger partial charge in [-0.05, 0) is 35.9 Å². The van der Waals surface area contributed by atoms with Gasteiger partial charge >= 0.3 is 5.97 Å². The predicted molar refractivity (Wildman–Crippen MR) is 122 cm³/mol. The maximum absolute atomic E-state index is 13.1. The number of Topliss-reactive ketones (excluding diaryl/α,β-unsaturated/α-hetero) is 1. The molecule has 34 heavy (non-hydrogen) atoms. The van der Waals surface area contributed by atoms with Gasteiger partial charge in [-0.1, -0.05) is 12.1 Å². The summed E-state index contributed by atoms with van der Waals surface area (Å²) in [4.78, 5) is 29.7. The van der Waals surface area contributed by atoms with E-state index in [1.807, 2.05) is 12.1 Å². The van der Waals surface area contributed by atoms with Crippen LogP contribution in [0.15, 0.2) is 54.6 Å². The first kappa shape index (κ1) is 21.5. The van der Waals surface area contributed by atoms with Crippen molar-refractivity contribution in [3.8, 4) is 28.7 Å². The van der Waals surface area contributed by atoms with Crippen molar-refractivity contribution in [2.45, 2.75) is 12.3 Å². The highest BCUT2D eigenvalue weighted by molar-refractivity contribution is 6.15. The number of hydrogen-bond donors (Lipinski definition) is 0. The Morgan fingerprint density at radius 2 is 1.79 bits per heavy atom. The van der Waals surface area contributed by atoms with E-state index in [1.165, 1.54) is 21.3 Å². The van der Waals surface area contributed by atoms with Gasteiger partial charge in [-0.3, -0.25) is 14.6 Å². The predicted octanol–water partition coefficient (Wildman–Crippen LogP) is 4.16. The molecular weight excluding hydrogens is 438 g/mol. The first-order valence-corrected chi connectivity index (χ1v) is 10.6. The lowest BCUT2D eigenvalue weighted by molar-refractivity contribution is -0.135. The molecule has 5 rings (SSSR count).